The van der Waals surface area contributed by atoms with Crippen LogP contribution >= 0.6 is 31.7 Å². The fourth-order valence-electron chi connectivity index (χ4n) is 2.68. The first kappa shape index (κ1) is 41.6. The van der Waals surface area contributed by atoms with Gasteiger partial charge in [0, 0.05) is 19.5 Å². The van der Waals surface area contributed by atoms with Gasteiger partial charge in [-0.25, -0.2) is 0 Å². The summed E-state index contributed by atoms with van der Waals surface area (Å²) in [6.45, 7) is 27.5. The van der Waals surface area contributed by atoms with Crippen LogP contribution in [0.1, 0.15) is 83.1 Å². The topological polar surface area (TPSA) is 0 Å². The summed E-state index contributed by atoms with van der Waals surface area (Å²) in [5.74, 6) is 0. The molecule has 0 rings (SSSR count). The molecule has 0 aromatic heterocycles. The summed E-state index contributed by atoms with van der Waals surface area (Å²) in [7, 11) is 1.78. The maximum atomic E-state index is 2.29. The van der Waals surface area contributed by atoms with Gasteiger partial charge in [0.15, 0.2) is 0 Å². The van der Waals surface area contributed by atoms with Gasteiger partial charge in [-0.2, -0.15) is 0 Å². The minimum Gasteiger partial charge on any atom is -0.108 e. The first-order chi connectivity index (χ1) is 13.4. The van der Waals surface area contributed by atoms with E-state index in [4.69, 9.17) is 0 Å². The van der Waals surface area contributed by atoms with Gasteiger partial charge in [-0.1, -0.05) is 83.1 Å². The predicted molar refractivity (Wildman–Crippen MR) is 154 cm³/mol. The molecule has 0 aliphatic heterocycles. The monoisotopic (exact) mass is 574 g/mol. The molecule has 0 saturated heterocycles. The maximum Gasteiger partial charge on any atom is 0 e. The average molecular weight is 574 g/mol. The van der Waals surface area contributed by atoms with Gasteiger partial charge in [-0.15, -0.1) is 31.7 Å². The molecule has 0 fully saturated rings. The quantitative estimate of drug-likeness (QED) is 0.161. The zero-order valence-corrected chi connectivity index (χ0v) is 27.9. The molecular weight excluding hydrogens is 513 g/mol. The second kappa shape index (κ2) is 37.6. The fraction of sp³-hybridized carbons (Fsp3) is 1.00. The summed E-state index contributed by atoms with van der Waals surface area (Å²) in [5, 5.41) is 0. The summed E-state index contributed by atoms with van der Waals surface area (Å²) in [6.07, 6.45) is 17.0. The van der Waals surface area contributed by atoms with Gasteiger partial charge < -0.3 is 0 Å². The molecule has 0 amide bonds. The third kappa shape index (κ3) is 35.1. The molecule has 0 atom stereocenters. The van der Waals surface area contributed by atoms with Crippen LogP contribution in [0.15, 0.2) is 0 Å². The van der Waals surface area contributed by atoms with E-state index in [2.05, 4.69) is 83.1 Å². The van der Waals surface area contributed by atoms with Crippen LogP contribution in [-0.2, 0) is 19.5 Å². The summed E-state index contributed by atoms with van der Waals surface area (Å²) in [5.41, 5.74) is 0. The van der Waals surface area contributed by atoms with Gasteiger partial charge >= 0.3 is 0 Å². The van der Waals surface area contributed by atoms with Gasteiger partial charge in [0.05, 0.1) is 0 Å². The molecule has 184 valence electrons. The van der Waals surface area contributed by atoms with Gasteiger partial charge in [0.25, 0.3) is 0 Å². The van der Waals surface area contributed by atoms with Gasteiger partial charge in [-0.3, -0.25) is 0 Å². The minimum absolute atomic E-state index is 0. The molecule has 0 saturated carbocycles. The first-order valence-electron chi connectivity index (χ1n) is 12.3. The molecule has 0 aromatic carbocycles. The van der Waals surface area contributed by atoms with Crippen LogP contribution in [0.2, 0.25) is 0 Å². The van der Waals surface area contributed by atoms with Crippen molar-refractivity contribution in [3.8, 4) is 0 Å². The molecule has 0 heterocycles. The Hall–Kier alpha value is 2.34. The normalized spacial score (nSPS) is 9.93. The second-order valence-electron chi connectivity index (χ2n) is 6.48. The van der Waals surface area contributed by atoms with Crippen LogP contribution < -0.4 is 0 Å². The Morgan fingerprint density at radius 3 is 0.310 bits per heavy atom. The Bertz CT molecular complexity index is 157. The fourth-order valence-corrected chi connectivity index (χ4v) is 8.05. The van der Waals surface area contributed by atoms with E-state index >= 15 is 0 Å². The molecule has 0 bridgehead atoms. The first-order valence-corrected chi connectivity index (χ1v) is 19.9. The van der Waals surface area contributed by atoms with E-state index in [0.717, 1.165) is 0 Å². The molecule has 0 aromatic rings. The number of rotatable bonds is 12. The molecule has 0 aliphatic carbocycles. The Morgan fingerprint density at radius 2 is 0.310 bits per heavy atom. The summed E-state index contributed by atoms with van der Waals surface area (Å²) < 4.78 is 0. The van der Waals surface area contributed by atoms with Gasteiger partial charge in [0.1, 0.15) is 0 Å². The van der Waals surface area contributed by atoms with Crippen molar-refractivity contribution in [1.29, 1.82) is 0 Å². The summed E-state index contributed by atoms with van der Waals surface area (Å²) >= 11 is 0. The van der Waals surface area contributed by atoms with Crippen molar-refractivity contribution in [3.63, 3.8) is 0 Å². The second-order valence-corrected chi connectivity index (χ2v) is 19.4. The van der Waals surface area contributed by atoms with Gasteiger partial charge in [-0.05, 0) is 73.9 Å². The van der Waals surface area contributed by atoms with E-state index in [0.29, 0.717) is 31.7 Å². The van der Waals surface area contributed by atoms with E-state index in [9.17, 15) is 0 Å². The van der Waals surface area contributed by atoms with Crippen molar-refractivity contribution in [3.05, 3.63) is 0 Å². The molecule has 5 heteroatoms. The van der Waals surface area contributed by atoms with Crippen LogP contribution in [0.25, 0.3) is 0 Å². The van der Waals surface area contributed by atoms with Crippen molar-refractivity contribution in [2.75, 3.05) is 73.9 Å². The Morgan fingerprint density at radius 1 is 0.241 bits per heavy atom. The number of hydrogen-bond acceptors (Lipinski definition) is 0. The van der Waals surface area contributed by atoms with E-state index in [1.807, 2.05) is 0 Å². The molecular formula is C24H60P4Ru. The smallest absolute Gasteiger partial charge is 0 e. The van der Waals surface area contributed by atoms with Crippen LogP contribution in [0.5, 0.6) is 0 Å². The van der Waals surface area contributed by atoms with Gasteiger partial charge in [0.2, 0.25) is 0 Å². The molecule has 0 radical (unpaired) electrons. The van der Waals surface area contributed by atoms with Crippen molar-refractivity contribution in [1.82, 2.24) is 0 Å². The Balaban J connectivity index is -0.0000000873. The minimum atomic E-state index is 0. The molecule has 0 nitrogen and oxygen atoms in total. The zero-order chi connectivity index (χ0) is 22.8. The average Bonchev–Trinajstić information content (AvgIpc) is 2.75. The Kier molecular flexibility index (Phi) is 54.0. The third-order valence-electron chi connectivity index (χ3n) is 5.37. The molecule has 0 unspecified atom stereocenters. The maximum absolute atomic E-state index is 2.29. The van der Waals surface area contributed by atoms with E-state index in [1.54, 1.807) is 0 Å². The van der Waals surface area contributed by atoms with Crippen LogP contribution in [0.4, 0.5) is 0 Å². The summed E-state index contributed by atoms with van der Waals surface area (Å²) in [6, 6.07) is 0. The van der Waals surface area contributed by atoms with Crippen molar-refractivity contribution in [2.24, 2.45) is 0 Å². The third-order valence-corrected chi connectivity index (χ3v) is 16.1. The SMILES string of the molecule is CCP(CC)CC.CCP(CC)CC.CCP(CC)CC.CCP(CC)CC.[Ru]. The van der Waals surface area contributed by atoms with E-state index in [-0.39, 0.29) is 19.5 Å². The molecule has 0 spiro atoms. The standard InChI is InChI=1S/4C6H15P.Ru/c4*1-4-7(5-2)6-3;/h4*4-6H2,1-3H3;. The van der Waals surface area contributed by atoms with E-state index in [1.165, 1.54) is 73.9 Å². The van der Waals surface area contributed by atoms with E-state index < -0.39 is 0 Å². The molecule has 29 heavy (non-hydrogen) atoms. The van der Waals surface area contributed by atoms with Crippen LogP contribution in [0, 0.1) is 0 Å². The number of hydrogen-bond donors (Lipinski definition) is 0. The van der Waals surface area contributed by atoms with Crippen LogP contribution in [0.3, 0.4) is 0 Å². The zero-order valence-electron chi connectivity index (χ0n) is 22.6. The predicted octanol–water partition coefficient (Wildman–Crippen LogP) is 10.1. The summed E-state index contributed by atoms with van der Waals surface area (Å²) in [4.78, 5) is 0. The van der Waals surface area contributed by atoms with Crippen molar-refractivity contribution in [2.45, 2.75) is 83.1 Å². The largest absolute Gasteiger partial charge is 0.108 e. The van der Waals surface area contributed by atoms with Crippen molar-refractivity contribution >= 4 is 31.7 Å². The Labute approximate surface area is 207 Å². The van der Waals surface area contributed by atoms with Crippen LogP contribution in [-0.4, -0.2) is 73.9 Å². The molecule has 0 aliphatic rings. The molecule has 0 N–H and O–H groups in total. The van der Waals surface area contributed by atoms with Crippen molar-refractivity contribution < 1.29 is 19.5 Å².